The third-order valence-corrected chi connectivity index (χ3v) is 6.80. The Labute approximate surface area is 215 Å². The molecule has 0 heterocycles. The first kappa shape index (κ1) is 26.1. The molecule has 0 aromatic heterocycles. The molecule has 0 bridgehead atoms. The van der Waals surface area contributed by atoms with E-state index in [1.54, 1.807) is 28.8 Å². The second-order valence-electron chi connectivity index (χ2n) is 7.80. The van der Waals surface area contributed by atoms with E-state index in [2.05, 4.69) is 5.32 Å². The zero-order valence-electron chi connectivity index (χ0n) is 19.0. The minimum Gasteiger partial charge on any atom is -0.355 e. The molecule has 0 spiro atoms. The first-order valence-electron chi connectivity index (χ1n) is 11.2. The summed E-state index contributed by atoms with van der Waals surface area (Å²) in [5.74, 6) is 0.382. The van der Waals surface area contributed by atoms with Crippen LogP contribution in [0.5, 0.6) is 0 Å². The Morgan fingerprint density at radius 1 is 0.882 bits per heavy atom. The number of thioether (sulfide) groups is 1. The maximum atomic E-state index is 13.5. The fraction of sp³-hybridized carbons (Fsp3) is 0.259. The van der Waals surface area contributed by atoms with Crippen molar-refractivity contribution in [2.45, 2.75) is 37.2 Å². The Bertz CT molecular complexity index is 1060. The predicted molar refractivity (Wildman–Crippen MR) is 141 cm³/mol. The van der Waals surface area contributed by atoms with Crippen molar-refractivity contribution in [3.8, 4) is 0 Å². The molecule has 7 heteroatoms. The summed E-state index contributed by atoms with van der Waals surface area (Å²) in [7, 11) is 0. The average Bonchev–Trinajstić information content (AvgIpc) is 2.84. The molecule has 3 aromatic rings. The summed E-state index contributed by atoms with van der Waals surface area (Å²) in [6.07, 6.45) is 0.752. The number of nitrogens with one attached hydrogen (secondary N) is 1. The number of amides is 2. The largest absolute Gasteiger partial charge is 0.355 e. The highest BCUT2D eigenvalue weighted by atomic mass is 35.5. The number of carbonyl (C=O) groups is 2. The molecule has 2 amide bonds. The standard InChI is InChI=1S/C27H28Cl2N2O2S/c1-2-30-27(33)25(18-20-6-4-3-5-7-20)31(19-21-8-10-22(28)11-9-21)26(32)16-17-34-24-14-12-23(29)13-15-24/h3-15,25H,2,16-19H2,1H3,(H,30,33)/t25-/m0/s1. The van der Waals surface area contributed by atoms with Crippen molar-refractivity contribution in [2.75, 3.05) is 12.3 Å². The third kappa shape index (κ3) is 8.08. The highest BCUT2D eigenvalue weighted by molar-refractivity contribution is 7.99. The molecule has 4 nitrogen and oxygen atoms in total. The molecular formula is C27H28Cl2N2O2S. The number of nitrogens with zero attached hydrogens (tertiary/aromatic N) is 1. The number of carbonyl (C=O) groups excluding carboxylic acids is 2. The molecule has 0 saturated heterocycles. The molecule has 178 valence electrons. The zero-order valence-corrected chi connectivity index (χ0v) is 21.4. The van der Waals surface area contributed by atoms with Gasteiger partial charge in [-0.1, -0.05) is 65.7 Å². The molecule has 1 N–H and O–H groups in total. The quantitative estimate of drug-likeness (QED) is 0.307. The van der Waals surface area contributed by atoms with Gasteiger partial charge in [0.15, 0.2) is 0 Å². The van der Waals surface area contributed by atoms with Crippen LogP contribution in [0.3, 0.4) is 0 Å². The van der Waals surface area contributed by atoms with Gasteiger partial charge in [0, 0.05) is 46.6 Å². The topological polar surface area (TPSA) is 49.4 Å². The molecule has 0 fully saturated rings. The summed E-state index contributed by atoms with van der Waals surface area (Å²) in [4.78, 5) is 29.4. The van der Waals surface area contributed by atoms with E-state index >= 15 is 0 Å². The maximum Gasteiger partial charge on any atom is 0.243 e. The Morgan fingerprint density at radius 3 is 2.12 bits per heavy atom. The summed E-state index contributed by atoms with van der Waals surface area (Å²) in [5.41, 5.74) is 1.92. The van der Waals surface area contributed by atoms with Gasteiger partial charge in [-0.3, -0.25) is 9.59 Å². The molecule has 3 aromatic carbocycles. The van der Waals surface area contributed by atoms with Gasteiger partial charge >= 0.3 is 0 Å². The van der Waals surface area contributed by atoms with Crippen LogP contribution in [0.1, 0.15) is 24.5 Å². The fourth-order valence-electron chi connectivity index (χ4n) is 3.56. The van der Waals surface area contributed by atoms with Crippen molar-refractivity contribution >= 4 is 46.8 Å². The van der Waals surface area contributed by atoms with Crippen LogP contribution in [0.2, 0.25) is 10.0 Å². The molecule has 0 radical (unpaired) electrons. The zero-order chi connectivity index (χ0) is 24.3. The number of halogens is 2. The van der Waals surface area contributed by atoms with Gasteiger partial charge in [0.2, 0.25) is 11.8 Å². The lowest BCUT2D eigenvalue weighted by molar-refractivity contribution is -0.140. The molecule has 0 saturated carbocycles. The number of rotatable bonds is 11. The van der Waals surface area contributed by atoms with E-state index in [4.69, 9.17) is 23.2 Å². The molecule has 0 aliphatic rings. The first-order valence-corrected chi connectivity index (χ1v) is 12.9. The van der Waals surface area contributed by atoms with E-state index < -0.39 is 6.04 Å². The van der Waals surface area contributed by atoms with Crippen LogP contribution in [-0.4, -0.2) is 35.1 Å². The fourth-order valence-corrected chi connectivity index (χ4v) is 4.66. The lowest BCUT2D eigenvalue weighted by Crippen LogP contribution is -2.50. The monoisotopic (exact) mass is 514 g/mol. The van der Waals surface area contributed by atoms with Gasteiger partial charge in [0.1, 0.15) is 6.04 Å². The van der Waals surface area contributed by atoms with Crippen molar-refractivity contribution in [3.63, 3.8) is 0 Å². The maximum absolute atomic E-state index is 13.5. The van der Waals surface area contributed by atoms with Gasteiger partial charge < -0.3 is 10.2 Å². The Kier molecular flexibility index (Phi) is 10.3. The van der Waals surface area contributed by atoms with Crippen LogP contribution in [0.25, 0.3) is 0 Å². The number of hydrogen-bond acceptors (Lipinski definition) is 3. The number of likely N-dealkylation sites (N-methyl/N-ethyl adjacent to an activating group) is 1. The molecule has 1 atom stereocenters. The van der Waals surface area contributed by atoms with Gasteiger partial charge in [0.25, 0.3) is 0 Å². The highest BCUT2D eigenvalue weighted by Gasteiger charge is 2.29. The molecular weight excluding hydrogens is 487 g/mol. The van der Waals surface area contributed by atoms with Crippen molar-refractivity contribution in [3.05, 3.63) is 100 Å². The molecule has 34 heavy (non-hydrogen) atoms. The van der Waals surface area contributed by atoms with E-state index in [9.17, 15) is 9.59 Å². The average molecular weight is 516 g/mol. The van der Waals surface area contributed by atoms with Gasteiger partial charge in [-0.25, -0.2) is 0 Å². The Balaban J connectivity index is 1.81. The van der Waals surface area contributed by atoms with Crippen molar-refractivity contribution in [1.82, 2.24) is 10.2 Å². The van der Waals surface area contributed by atoms with Gasteiger partial charge in [-0.2, -0.15) is 0 Å². The van der Waals surface area contributed by atoms with Crippen LogP contribution in [0.15, 0.2) is 83.8 Å². The van der Waals surface area contributed by atoms with Crippen molar-refractivity contribution < 1.29 is 9.59 Å². The summed E-state index contributed by atoms with van der Waals surface area (Å²) in [6.45, 7) is 2.71. The summed E-state index contributed by atoms with van der Waals surface area (Å²) in [5, 5.41) is 4.22. The number of benzene rings is 3. The lowest BCUT2D eigenvalue weighted by Gasteiger charge is -2.31. The van der Waals surface area contributed by atoms with E-state index in [1.165, 1.54) is 0 Å². The van der Waals surface area contributed by atoms with Crippen LogP contribution < -0.4 is 5.32 Å². The molecule has 0 unspecified atom stereocenters. The summed E-state index contributed by atoms with van der Waals surface area (Å²) in [6, 6.07) is 24.1. The second kappa shape index (κ2) is 13.4. The van der Waals surface area contributed by atoms with E-state index in [-0.39, 0.29) is 11.8 Å². The van der Waals surface area contributed by atoms with Crippen LogP contribution in [0, 0.1) is 0 Å². The second-order valence-corrected chi connectivity index (χ2v) is 9.84. The van der Waals surface area contributed by atoms with Gasteiger partial charge in [-0.05, 0) is 54.4 Å². The number of hydrogen-bond donors (Lipinski definition) is 1. The first-order chi connectivity index (χ1) is 16.5. The summed E-state index contributed by atoms with van der Waals surface area (Å²) < 4.78 is 0. The van der Waals surface area contributed by atoms with Crippen molar-refractivity contribution in [1.29, 1.82) is 0 Å². The molecule has 3 rings (SSSR count). The summed E-state index contributed by atoms with van der Waals surface area (Å²) >= 11 is 13.6. The van der Waals surface area contributed by atoms with E-state index in [1.807, 2.05) is 73.7 Å². The SMILES string of the molecule is CCNC(=O)[C@H](Cc1ccccc1)N(Cc1ccc(Cl)cc1)C(=O)CCSc1ccc(Cl)cc1. The highest BCUT2D eigenvalue weighted by Crippen LogP contribution is 2.23. The van der Waals surface area contributed by atoms with E-state index in [0.717, 1.165) is 16.0 Å². The van der Waals surface area contributed by atoms with Crippen LogP contribution >= 0.6 is 35.0 Å². The normalized spacial score (nSPS) is 11.6. The van der Waals surface area contributed by atoms with Gasteiger partial charge in [0.05, 0.1) is 0 Å². The molecule has 0 aliphatic heterocycles. The minimum absolute atomic E-state index is 0.0661. The van der Waals surface area contributed by atoms with Gasteiger partial charge in [-0.15, -0.1) is 11.8 Å². The van der Waals surface area contributed by atoms with E-state index in [0.29, 0.717) is 41.7 Å². The van der Waals surface area contributed by atoms with Crippen LogP contribution in [-0.2, 0) is 22.6 Å². The van der Waals surface area contributed by atoms with Crippen LogP contribution in [0.4, 0.5) is 0 Å². The lowest BCUT2D eigenvalue weighted by atomic mass is 10.0. The Hall–Kier alpha value is -2.47. The molecule has 0 aliphatic carbocycles. The third-order valence-electron chi connectivity index (χ3n) is 5.29. The predicted octanol–water partition coefficient (Wildman–Crippen LogP) is 6.25. The minimum atomic E-state index is -0.619. The smallest absolute Gasteiger partial charge is 0.243 e. The van der Waals surface area contributed by atoms with Crippen molar-refractivity contribution in [2.24, 2.45) is 0 Å². The Morgan fingerprint density at radius 2 is 1.50 bits per heavy atom.